The van der Waals surface area contributed by atoms with Gasteiger partial charge in [0, 0.05) is 24.4 Å². The zero-order chi connectivity index (χ0) is 24.3. The molecule has 180 valence electrons. The smallest absolute Gasteiger partial charge is 0.224 e. The van der Waals surface area contributed by atoms with Crippen molar-refractivity contribution in [1.29, 1.82) is 0 Å². The fraction of sp³-hybridized carbons (Fsp3) is 0.259. The van der Waals surface area contributed by atoms with Gasteiger partial charge in [-0.25, -0.2) is 0 Å². The summed E-state index contributed by atoms with van der Waals surface area (Å²) in [5.41, 5.74) is 5.47. The molecule has 1 heterocycles. The first kappa shape index (κ1) is 24.6. The van der Waals surface area contributed by atoms with Crippen molar-refractivity contribution >= 4 is 18.5 Å². The number of hydrogen-bond donors (Lipinski definition) is 4. The maximum atomic E-state index is 12.5. The number of benzene rings is 3. The van der Waals surface area contributed by atoms with Crippen LogP contribution in [-0.2, 0) is 17.8 Å². The number of hydrogen-bond acceptors (Lipinski definition) is 6. The first-order chi connectivity index (χ1) is 17.2. The minimum absolute atomic E-state index is 0.0699. The molecule has 0 bridgehead atoms. The second-order valence-electron chi connectivity index (χ2n) is 8.37. The highest BCUT2D eigenvalue weighted by Gasteiger charge is 2.16. The summed E-state index contributed by atoms with van der Waals surface area (Å²) in [6, 6.07) is 26.6. The standard InChI is InChI=1S/C27H30N6OS/c34-27(23(19-35)17-20-7-2-1-3-8-20)29-16-6-15-28-18-21-11-13-22(14-12-21)24-9-4-5-10-25(24)26-30-32-33-31-26/h1-5,7-14,23,28,35H,6,15-19H2,(H,29,34)(H,30,31,32,33). The Bertz CT molecular complexity index is 1180. The van der Waals surface area contributed by atoms with Crippen LogP contribution < -0.4 is 10.6 Å². The largest absolute Gasteiger partial charge is 0.356 e. The Hall–Kier alpha value is -3.49. The summed E-state index contributed by atoms with van der Waals surface area (Å²) in [6.07, 6.45) is 1.58. The SMILES string of the molecule is O=C(NCCCNCc1ccc(-c2ccccc2-c2nn[nH]n2)cc1)C(CS)Cc1ccccc1. The quantitative estimate of drug-likeness (QED) is 0.180. The maximum Gasteiger partial charge on any atom is 0.224 e. The number of carbonyl (C=O) groups is 1. The summed E-state index contributed by atoms with van der Waals surface area (Å²) in [4.78, 5) is 12.5. The summed E-state index contributed by atoms with van der Waals surface area (Å²) < 4.78 is 0. The van der Waals surface area contributed by atoms with E-state index in [9.17, 15) is 4.79 Å². The number of rotatable bonds is 12. The first-order valence-corrected chi connectivity index (χ1v) is 12.4. The third kappa shape index (κ3) is 7.00. The molecule has 4 rings (SSSR count). The molecule has 0 saturated heterocycles. The topological polar surface area (TPSA) is 95.6 Å². The lowest BCUT2D eigenvalue weighted by Gasteiger charge is -2.15. The van der Waals surface area contributed by atoms with Gasteiger partial charge in [-0.05, 0) is 46.9 Å². The summed E-state index contributed by atoms with van der Waals surface area (Å²) in [5, 5.41) is 20.9. The number of H-pyrrole nitrogens is 1. The number of aromatic nitrogens is 4. The van der Waals surface area contributed by atoms with Gasteiger partial charge in [0.15, 0.2) is 0 Å². The van der Waals surface area contributed by atoms with Crippen LogP contribution in [0.15, 0.2) is 78.9 Å². The number of aromatic amines is 1. The van der Waals surface area contributed by atoms with E-state index in [2.05, 4.69) is 74.2 Å². The lowest BCUT2D eigenvalue weighted by atomic mass is 9.98. The molecular weight excluding hydrogens is 456 g/mol. The number of tetrazole rings is 1. The van der Waals surface area contributed by atoms with Crippen LogP contribution in [-0.4, -0.2) is 45.4 Å². The van der Waals surface area contributed by atoms with Crippen LogP contribution in [0.3, 0.4) is 0 Å². The summed E-state index contributed by atoms with van der Waals surface area (Å²) in [7, 11) is 0. The normalized spacial score (nSPS) is 11.8. The number of thiol groups is 1. The molecule has 3 N–H and O–H groups in total. The molecule has 0 aliphatic carbocycles. The third-order valence-corrected chi connectivity index (χ3v) is 6.29. The molecule has 0 aliphatic rings. The van der Waals surface area contributed by atoms with Gasteiger partial charge in [0.05, 0.1) is 5.92 Å². The van der Waals surface area contributed by atoms with Crippen molar-refractivity contribution in [2.45, 2.75) is 19.4 Å². The molecule has 0 spiro atoms. The maximum absolute atomic E-state index is 12.5. The van der Waals surface area contributed by atoms with E-state index in [1.54, 1.807) is 0 Å². The first-order valence-electron chi connectivity index (χ1n) is 11.8. The molecule has 1 aromatic heterocycles. The molecule has 1 amide bonds. The van der Waals surface area contributed by atoms with Gasteiger partial charge >= 0.3 is 0 Å². The molecular formula is C27H30N6OS. The van der Waals surface area contributed by atoms with E-state index >= 15 is 0 Å². The Labute approximate surface area is 211 Å². The predicted octanol–water partition coefficient (Wildman–Crippen LogP) is 3.92. The lowest BCUT2D eigenvalue weighted by molar-refractivity contribution is -0.124. The number of carbonyl (C=O) groups excluding carboxylic acids is 1. The van der Waals surface area contributed by atoms with Crippen LogP contribution in [0.25, 0.3) is 22.5 Å². The van der Waals surface area contributed by atoms with Crippen LogP contribution in [0.5, 0.6) is 0 Å². The Balaban J connectivity index is 1.19. The summed E-state index contributed by atoms with van der Waals surface area (Å²) >= 11 is 4.37. The van der Waals surface area contributed by atoms with Gasteiger partial charge in [-0.2, -0.15) is 17.8 Å². The second kappa shape index (κ2) is 12.8. The molecule has 7 nitrogen and oxygen atoms in total. The molecule has 0 aliphatic heterocycles. The second-order valence-corrected chi connectivity index (χ2v) is 8.73. The molecule has 0 saturated carbocycles. The molecule has 8 heteroatoms. The van der Waals surface area contributed by atoms with Crippen molar-refractivity contribution in [1.82, 2.24) is 31.3 Å². The number of amides is 1. The minimum atomic E-state index is -0.114. The van der Waals surface area contributed by atoms with E-state index in [4.69, 9.17) is 0 Å². The van der Waals surface area contributed by atoms with Crippen LogP contribution in [0, 0.1) is 5.92 Å². The van der Waals surface area contributed by atoms with Crippen molar-refractivity contribution < 1.29 is 4.79 Å². The zero-order valence-electron chi connectivity index (χ0n) is 19.5. The van der Waals surface area contributed by atoms with Gasteiger partial charge in [0.1, 0.15) is 0 Å². The summed E-state index contributed by atoms with van der Waals surface area (Å²) in [5.74, 6) is 1.08. The molecule has 1 atom stereocenters. The third-order valence-electron chi connectivity index (χ3n) is 5.85. The van der Waals surface area contributed by atoms with E-state index < -0.39 is 0 Å². The highest BCUT2D eigenvalue weighted by atomic mass is 32.1. The summed E-state index contributed by atoms with van der Waals surface area (Å²) in [6.45, 7) is 2.25. The van der Waals surface area contributed by atoms with E-state index in [1.165, 1.54) is 5.56 Å². The zero-order valence-corrected chi connectivity index (χ0v) is 20.4. The Morgan fingerprint density at radius 1 is 0.886 bits per heavy atom. The van der Waals surface area contributed by atoms with Gasteiger partial charge in [-0.1, -0.05) is 78.9 Å². The molecule has 35 heavy (non-hydrogen) atoms. The van der Waals surface area contributed by atoms with Crippen molar-refractivity contribution in [2.24, 2.45) is 5.92 Å². The fourth-order valence-electron chi connectivity index (χ4n) is 3.95. The minimum Gasteiger partial charge on any atom is -0.356 e. The van der Waals surface area contributed by atoms with Crippen molar-refractivity contribution in [2.75, 3.05) is 18.8 Å². The van der Waals surface area contributed by atoms with E-state index in [-0.39, 0.29) is 11.8 Å². The van der Waals surface area contributed by atoms with Gasteiger partial charge in [-0.3, -0.25) is 4.79 Å². The number of nitrogens with one attached hydrogen (secondary N) is 3. The Morgan fingerprint density at radius 2 is 1.63 bits per heavy atom. The number of nitrogens with zero attached hydrogens (tertiary/aromatic N) is 3. The Kier molecular flexibility index (Phi) is 9.03. The van der Waals surface area contributed by atoms with E-state index in [0.29, 0.717) is 24.5 Å². The van der Waals surface area contributed by atoms with Crippen molar-refractivity contribution in [3.63, 3.8) is 0 Å². The fourth-order valence-corrected chi connectivity index (χ4v) is 4.24. The van der Waals surface area contributed by atoms with Crippen LogP contribution in [0.2, 0.25) is 0 Å². The van der Waals surface area contributed by atoms with Gasteiger partial charge in [0.2, 0.25) is 11.7 Å². The molecule has 1 unspecified atom stereocenters. The molecule has 0 fully saturated rings. The van der Waals surface area contributed by atoms with E-state index in [0.717, 1.165) is 41.8 Å². The van der Waals surface area contributed by atoms with Gasteiger partial charge in [-0.15, -0.1) is 10.2 Å². The van der Waals surface area contributed by atoms with Gasteiger partial charge in [0.25, 0.3) is 0 Å². The van der Waals surface area contributed by atoms with Crippen LogP contribution in [0.4, 0.5) is 0 Å². The average molecular weight is 487 g/mol. The molecule has 4 aromatic rings. The Morgan fingerprint density at radius 3 is 2.34 bits per heavy atom. The molecule has 3 aromatic carbocycles. The van der Waals surface area contributed by atoms with Crippen molar-refractivity contribution in [3.05, 3.63) is 90.0 Å². The predicted molar refractivity (Wildman–Crippen MR) is 142 cm³/mol. The van der Waals surface area contributed by atoms with Gasteiger partial charge < -0.3 is 10.6 Å². The average Bonchev–Trinajstić information content (AvgIpc) is 3.45. The monoisotopic (exact) mass is 486 g/mol. The molecule has 0 radical (unpaired) electrons. The highest BCUT2D eigenvalue weighted by Crippen LogP contribution is 2.29. The van der Waals surface area contributed by atoms with Crippen LogP contribution in [0.1, 0.15) is 17.5 Å². The van der Waals surface area contributed by atoms with Crippen LogP contribution >= 0.6 is 12.6 Å². The van der Waals surface area contributed by atoms with E-state index in [1.807, 2.05) is 48.5 Å². The highest BCUT2D eigenvalue weighted by molar-refractivity contribution is 7.80. The lowest BCUT2D eigenvalue weighted by Crippen LogP contribution is -2.34. The van der Waals surface area contributed by atoms with Crippen molar-refractivity contribution in [3.8, 4) is 22.5 Å².